The van der Waals surface area contributed by atoms with E-state index < -0.39 is 0 Å². The van der Waals surface area contributed by atoms with Crippen LogP contribution in [0.2, 0.25) is 5.02 Å². The fraction of sp³-hybridized carbons (Fsp3) is 0.429. The van der Waals surface area contributed by atoms with Crippen molar-refractivity contribution in [3.8, 4) is 5.75 Å². The first-order valence-corrected chi connectivity index (χ1v) is 6.29. The molecule has 0 spiro atoms. The summed E-state index contributed by atoms with van der Waals surface area (Å²) in [5, 5.41) is 0.526. The molecule has 0 radical (unpaired) electrons. The molecule has 0 aromatic heterocycles. The average molecular weight is 266 g/mol. The molecule has 1 fully saturated rings. The number of carbonyl (C=O) groups excluding carboxylic acids is 1. The minimum Gasteiger partial charge on any atom is -0.495 e. The Morgan fingerprint density at radius 3 is 2.78 bits per heavy atom. The topological polar surface area (TPSA) is 38.7 Å². The lowest BCUT2D eigenvalue weighted by atomic mass is 9.93. The lowest BCUT2D eigenvalue weighted by Gasteiger charge is -2.15. The molecule has 0 aliphatic heterocycles. The zero-order valence-electron chi connectivity index (χ0n) is 10.7. The van der Waals surface area contributed by atoms with Gasteiger partial charge in [0.25, 0.3) is 0 Å². The van der Waals surface area contributed by atoms with Gasteiger partial charge in [-0.2, -0.15) is 0 Å². The van der Waals surface area contributed by atoms with E-state index in [0.29, 0.717) is 10.8 Å². The molecule has 1 aromatic rings. The van der Waals surface area contributed by atoms with Gasteiger partial charge in [0.2, 0.25) is 0 Å². The second-order valence-electron chi connectivity index (χ2n) is 4.52. The summed E-state index contributed by atoms with van der Waals surface area (Å²) in [7, 11) is 3.29. The van der Waals surface area contributed by atoms with Crippen molar-refractivity contribution in [2.45, 2.75) is 19.3 Å². The van der Waals surface area contributed by atoms with E-state index in [0.717, 1.165) is 17.7 Å². The molecule has 3 nitrogen and oxygen atoms in total. The standard InChI is InChI=1S/C14H16ClNO2/c1-8-7-11(16-2)12(13(8)17)9-5-4-6-10(15)14(9)18-3/h4-6,8,12H,7H2,1-3H3. The summed E-state index contributed by atoms with van der Waals surface area (Å²) < 4.78 is 5.33. The quantitative estimate of drug-likeness (QED) is 0.824. The summed E-state index contributed by atoms with van der Waals surface area (Å²) in [5.41, 5.74) is 1.73. The molecule has 1 saturated carbocycles. The van der Waals surface area contributed by atoms with Gasteiger partial charge in [0.1, 0.15) is 11.5 Å². The maximum absolute atomic E-state index is 12.3. The average Bonchev–Trinajstić information content (AvgIpc) is 2.65. The summed E-state index contributed by atoms with van der Waals surface area (Å²) in [5.74, 6) is 0.472. The molecule has 0 heterocycles. The SMILES string of the molecule is CN=C1CC(C)C(=O)C1c1cccc(Cl)c1OC. The number of aliphatic imine (C=N–C) groups is 1. The maximum atomic E-state index is 12.3. The second kappa shape index (κ2) is 5.11. The normalized spacial score (nSPS) is 25.8. The van der Waals surface area contributed by atoms with Gasteiger partial charge < -0.3 is 4.74 Å². The van der Waals surface area contributed by atoms with Gasteiger partial charge in [0.05, 0.1) is 18.1 Å². The number of methoxy groups -OCH3 is 1. The molecule has 0 saturated heterocycles. The number of rotatable bonds is 2. The molecule has 2 atom stereocenters. The van der Waals surface area contributed by atoms with Crippen molar-refractivity contribution < 1.29 is 9.53 Å². The third kappa shape index (κ3) is 2.03. The number of para-hydroxylation sites is 1. The number of ether oxygens (including phenoxy) is 1. The Kier molecular flexibility index (Phi) is 3.71. The highest BCUT2D eigenvalue weighted by atomic mass is 35.5. The fourth-order valence-corrected chi connectivity index (χ4v) is 2.76. The second-order valence-corrected chi connectivity index (χ2v) is 4.93. The molecule has 18 heavy (non-hydrogen) atoms. The van der Waals surface area contributed by atoms with Crippen LogP contribution in [0, 0.1) is 5.92 Å². The van der Waals surface area contributed by atoms with Crippen LogP contribution in [0.5, 0.6) is 5.75 Å². The fourth-order valence-electron chi connectivity index (χ4n) is 2.50. The Bertz CT molecular complexity index is 511. The predicted octanol–water partition coefficient (Wildman–Crippen LogP) is 3.11. The number of hydrogen-bond donors (Lipinski definition) is 0. The van der Waals surface area contributed by atoms with E-state index in [1.165, 1.54) is 0 Å². The van der Waals surface area contributed by atoms with Crippen molar-refractivity contribution in [1.29, 1.82) is 0 Å². The van der Waals surface area contributed by atoms with Gasteiger partial charge in [-0.15, -0.1) is 0 Å². The van der Waals surface area contributed by atoms with Crippen LogP contribution in [0.1, 0.15) is 24.8 Å². The monoisotopic (exact) mass is 265 g/mol. The van der Waals surface area contributed by atoms with Crippen LogP contribution in [0.4, 0.5) is 0 Å². The van der Waals surface area contributed by atoms with Crippen LogP contribution in [-0.4, -0.2) is 25.7 Å². The van der Waals surface area contributed by atoms with Gasteiger partial charge in [0.15, 0.2) is 0 Å². The van der Waals surface area contributed by atoms with Crippen molar-refractivity contribution in [3.05, 3.63) is 28.8 Å². The number of hydrogen-bond acceptors (Lipinski definition) is 3. The molecule has 4 heteroatoms. The zero-order valence-corrected chi connectivity index (χ0v) is 11.5. The molecule has 2 rings (SSSR count). The van der Waals surface area contributed by atoms with Gasteiger partial charge in [-0.1, -0.05) is 30.7 Å². The highest BCUT2D eigenvalue weighted by Crippen LogP contribution is 2.40. The highest BCUT2D eigenvalue weighted by molar-refractivity contribution is 6.32. The largest absolute Gasteiger partial charge is 0.495 e. The molecule has 96 valence electrons. The van der Waals surface area contributed by atoms with Gasteiger partial charge in [0, 0.05) is 24.2 Å². The summed E-state index contributed by atoms with van der Waals surface area (Å²) in [6, 6.07) is 5.48. The number of ketones is 1. The molecule has 2 unspecified atom stereocenters. The Balaban J connectivity index is 2.54. The van der Waals surface area contributed by atoms with E-state index in [4.69, 9.17) is 16.3 Å². The van der Waals surface area contributed by atoms with Gasteiger partial charge in [-0.05, 0) is 12.5 Å². The Labute approximate surface area is 112 Å². The van der Waals surface area contributed by atoms with Gasteiger partial charge in [-0.25, -0.2) is 0 Å². The molecule has 0 bridgehead atoms. The van der Waals surface area contributed by atoms with Crippen LogP contribution < -0.4 is 4.74 Å². The summed E-state index contributed by atoms with van der Waals surface area (Å²) >= 11 is 6.11. The molecule has 1 aliphatic rings. The number of nitrogens with zero attached hydrogens (tertiary/aromatic N) is 1. The lowest BCUT2D eigenvalue weighted by Crippen LogP contribution is -2.15. The van der Waals surface area contributed by atoms with Crippen molar-refractivity contribution >= 4 is 23.1 Å². The first-order chi connectivity index (χ1) is 8.60. The minimum atomic E-state index is -0.307. The van der Waals surface area contributed by atoms with E-state index in [9.17, 15) is 4.79 Å². The number of halogens is 1. The van der Waals surface area contributed by atoms with Crippen LogP contribution in [0.3, 0.4) is 0 Å². The Morgan fingerprint density at radius 2 is 2.17 bits per heavy atom. The van der Waals surface area contributed by atoms with E-state index in [1.54, 1.807) is 20.2 Å². The summed E-state index contributed by atoms with van der Waals surface area (Å²) in [6.45, 7) is 1.94. The third-order valence-electron chi connectivity index (χ3n) is 3.42. The number of Topliss-reactive ketones (excluding diaryl/α,β-unsaturated/α-hetero) is 1. The Hall–Kier alpha value is -1.35. The van der Waals surface area contributed by atoms with Crippen molar-refractivity contribution in [1.82, 2.24) is 0 Å². The van der Waals surface area contributed by atoms with Crippen LogP contribution >= 0.6 is 11.6 Å². The first-order valence-electron chi connectivity index (χ1n) is 5.91. The van der Waals surface area contributed by atoms with E-state index >= 15 is 0 Å². The zero-order chi connectivity index (χ0) is 13.3. The van der Waals surface area contributed by atoms with Crippen LogP contribution in [0.25, 0.3) is 0 Å². The lowest BCUT2D eigenvalue weighted by molar-refractivity contribution is -0.121. The third-order valence-corrected chi connectivity index (χ3v) is 3.72. The van der Waals surface area contributed by atoms with E-state index in [-0.39, 0.29) is 17.6 Å². The van der Waals surface area contributed by atoms with Gasteiger partial charge in [-0.3, -0.25) is 9.79 Å². The number of carbonyl (C=O) groups is 1. The molecule has 0 amide bonds. The summed E-state index contributed by atoms with van der Waals surface area (Å²) in [6.07, 6.45) is 0.718. The molecule has 1 aromatic carbocycles. The predicted molar refractivity (Wildman–Crippen MR) is 72.9 cm³/mol. The molecular weight excluding hydrogens is 250 g/mol. The van der Waals surface area contributed by atoms with Crippen molar-refractivity contribution in [2.24, 2.45) is 10.9 Å². The Morgan fingerprint density at radius 1 is 1.44 bits per heavy atom. The van der Waals surface area contributed by atoms with Crippen molar-refractivity contribution in [3.63, 3.8) is 0 Å². The van der Waals surface area contributed by atoms with Gasteiger partial charge >= 0.3 is 0 Å². The van der Waals surface area contributed by atoms with E-state index in [2.05, 4.69) is 4.99 Å². The van der Waals surface area contributed by atoms with Crippen molar-refractivity contribution in [2.75, 3.05) is 14.2 Å². The van der Waals surface area contributed by atoms with Crippen LogP contribution in [-0.2, 0) is 4.79 Å². The molecule has 1 aliphatic carbocycles. The minimum absolute atomic E-state index is 0.0115. The number of benzene rings is 1. The smallest absolute Gasteiger partial charge is 0.149 e. The van der Waals surface area contributed by atoms with Crippen LogP contribution in [0.15, 0.2) is 23.2 Å². The molecular formula is C14H16ClNO2. The maximum Gasteiger partial charge on any atom is 0.149 e. The van der Waals surface area contributed by atoms with E-state index in [1.807, 2.05) is 19.1 Å². The molecule has 0 N–H and O–H groups in total. The highest BCUT2D eigenvalue weighted by Gasteiger charge is 2.39. The summed E-state index contributed by atoms with van der Waals surface area (Å²) in [4.78, 5) is 16.5. The first kappa shape index (κ1) is 13.1.